The van der Waals surface area contributed by atoms with Gasteiger partial charge in [0, 0.05) is 23.9 Å². The van der Waals surface area contributed by atoms with Gasteiger partial charge in [0.05, 0.1) is 16.0 Å². The normalized spacial score (nSPS) is 17.5. The fraction of sp³-hybridized carbons (Fsp3) is 0.333. The molecule has 6 nitrogen and oxygen atoms in total. The van der Waals surface area contributed by atoms with Crippen LogP contribution in [0.5, 0.6) is 0 Å². The van der Waals surface area contributed by atoms with Gasteiger partial charge in [-0.3, -0.25) is 9.59 Å². The molecule has 1 aliphatic rings. The van der Waals surface area contributed by atoms with Crippen molar-refractivity contribution in [1.29, 1.82) is 0 Å². The first-order valence-electron chi connectivity index (χ1n) is 9.55. The maximum Gasteiger partial charge on any atom is 0.254 e. The van der Waals surface area contributed by atoms with Crippen LogP contribution in [0.3, 0.4) is 0 Å². The molecule has 0 saturated carbocycles. The van der Waals surface area contributed by atoms with E-state index in [9.17, 15) is 26.8 Å². The summed E-state index contributed by atoms with van der Waals surface area (Å²) in [7, 11) is -3.50. The van der Waals surface area contributed by atoms with Crippen molar-refractivity contribution in [3.63, 3.8) is 0 Å². The van der Waals surface area contributed by atoms with Crippen molar-refractivity contribution in [1.82, 2.24) is 10.2 Å². The lowest BCUT2D eigenvalue weighted by atomic mass is 10.1. The Bertz CT molecular complexity index is 1140. The van der Waals surface area contributed by atoms with Crippen molar-refractivity contribution >= 4 is 33.3 Å². The number of likely N-dealkylation sites (tertiary alicyclic amines) is 1. The molecule has 1 N–H and O–H groups in total. The van der Waals surface area contributed by atoms with Crippen LogP contribution in [0.4, 0.5) is 8.78 Å². The first-order valence-corrected chi connectivity index (χ1v) is 11.8. The third-order valence-corrected chi connectivity index (χ3v) is 6.59. The lowest BCUT2D eigenvalue weighted by molar-refractivity contribution is -0.125. The molecular formula is C21H21ClF2N2O4S. The first-order chi connectivity index (χ1) is 14.5. The molecule has 1 heterocycles. The number of halogens is 3. The molecule has 31 heavy (non-hydrogen) atoms. The SMILES string of the molecule is C[C@@H](NC(=O)[C@H]1CCCN1C(=O)c1cccc(S(C)(=O)=O)c1)c1cc(F)c(Cl)cc1F. The highest BCUT2D eigenvalue weighted by Gasteiger charge is 2.35. The van der Waals surface area contributed by atoms with Crippen LogP contribution < -0.4 is 5.32 Å². The topological polar surface area (TPSA) is 83.6 Å². The van der Waals surface area contributed by atoms with E-state index in [-0.39, 0.29) is 21.0 Å². The van der Waals surface area contributed by atoms with Crippen LogP contribution in [0.15, 0.2) is 41.3 Å². The summed E-state index contributed by atoms with van der Waals surface area (Å²) in [6, 6.07) is 5.73. The maximum atomic E-state index is 14.2. The van der Waals surface area contributed by atoms with E-state index in [0.717, 1.165) is 18.4 Å². The molecule has 1 saturated heterocycles. The number of hydrogen-bond acceptors (Lipinski definition) is 4. The highest BCUT2D eigenvalue weighted by Crippen LogP contribution is 2.26. The van der Waals surface area contributed by atoms with Gasteiger partial charge in [-0.05, 0) is 50.1 Å². The van der Waals surface area contributed by atoms with E-state index >= 15 is 0 Å². The van der Waals surface area contributed by atoms with Gasteiger partial charge in [-0.2, -0.15) is 0 Å². The number of rotatable bonds is 5. The summed E-state index contributed by atoms with van der Waals surface area (Å²) >= 11 is 5.57. The number of nitrogens with zero attached hydrogens (tertiary/aromatic N) is 1. The Balaban J connectivity index is 1.78. The van der Waals surface area contributed by atoms with Crippen LogP contribution in [0.2, 0.25) is 5.02 Å². The summed E-state index contributed by atoms with van der Waals surface area (Å²) in [4.78, 5) is 27.2. The second kappa shape index (κ2) is 8.92. The van der Waals surface area contributed by atoms with Crippen LogP contribution in [0, 0.1) is 11.6 Å². The molecule has 3 rings (SSSR count). The molecular weight excluding hydrogens is 450 g/mol. The van der Waals surface area contributed by atoms with Crippen molar-refractivity contribution in [2.75, 3.05) is 12.8 Å². The van der Waals surface area contributed by atoms with Crippen molar-refractivity contribution in [3.8, 4) is 0 Å². The largest absolute Gasteiger partial charge is 0.348 e. The van der Waals surface area contributed by atoms with Crippen molar-refractivity contribution in [2.45, 2.75) is 36.7 Å². The van der Waals surface area contributed by atoms with Gasteiger partial charge in [0.25, 0.3) is 5.91 Å². The smallest absolute Gasteiger partial charge is 0.254 e. The van der Waals surface area contributed by atoms with Gasteiger partial charge in [0.15, 0.2) is 9.84 Å². The van der Waals surface area contributed by atoms with Crippen molar-refractivity contribution in [2.24, 2.45) is 0 Å². The number of sulfone groups is 1. The number of benzene rings is 2. The summed E-state index contributed by atoms with van der Waals surface area (Å²) in [5.74, 6) is -2.54. The summed E-state index contributed by atoms with van der Waals surface area (Å²) in [6.45, 7) is 1.82. The van der Waals surface area contributed by atoms with Crippen LogP contribution in [-0.2, 0) is 14.6 Å². The third kappa shape index (κ3) is 5.04. The zero-order valence-electron chi connectivity index (χ0n) is 16.9. The summed E-state index contributed by atoms with van der Waals surface area (Å²) in [5.41, 5.74) is 0.0912. The van der Waals surface area contributed by atoms with E-state index in [4.69, 9.17) is 11.6 Å². The van der Waals surface area contributed by atoms with E-state index in [1.807, 2.05) is 0 Å². The highest BCUT2D eigenvalue weighted by atomic mass is 35.5. The lowest BCUT2D eigenvalue weighted by Crippen LogP contribution is -2.46. The average molecular weight is 471 g/mol. The standard InChI is InChI=1S/C21H21ClF2N2O4S/c1-12(15-10-18(24)16(22)11-17(15)23)25-20(27)19-7-4-8-26(19)21(28)13-5-3-6-14(9-13)31(2,29)30/h3,5-6,9-12,19H,4,7-8H2,1-2H3,(H,25,27)/t12-,19-/m1/s1. The third-order valence-electron chi connectivity index (χ3n) is 5.19. The Kier molecular flexibility index (Phi) is 6.66. The van der Waals surface area contributed by atoms with Crippen molar-refractivity contribution < 1.29 is 26.8 Å². The molecule has 0 aromatic heterocycles. The zero-order valence-corrected chi connectivity index (χ0v) is 18.4. The minimum Gasteiger partial charge on any atom is -0.348 e. The van der Waals surface area contributed by atoms with Crippen LogP contribution in [0.1, 0.15) is 41.7 Å². The Morgan fingerprint density at radius 2 is 1.90 bits per heavy atom. The van der Waals surface area contributed by atoms with Gasteiger partial charge in [-0.15, -0.1) is 0 Å². The molecule has 0 bridgehead atoms. The number of carbonyl (C=O) groups is 2. The predicted molar refractivity (Wildman–Crippen MR) is 112 cm³/mol. The summed E-state index contributed by atoms with van der Waals surface area (Å²) in [5, 5.41) is 2.26. The summed E-state index contributed by atoms with van der Waals surface area (Å²) < 4.78 is 51.4. The lowest BCUT2D eigenvalue weighted by Gasteiger charge is -2.26. The van der Waals surface area contributed by atoms with Gasteiger partial charge in [0.2, 0.25) is 5.91 Å². The fourth-order valence-corrected chi connectivity index (χ4v) is 4.38. The molecule has 1 aliphatic heterocycles. The van der Waals surface area contributed by atoms with Crippen molar-refractivity contribution in [3.05, 3.63) is 64.2 Å². The molecule has 0 spiro atoms. The number of hydrogen-bond donors (Lipinski definition) is 1. The van der Waals surface area contributed by atoms with Gasteiger partial charge >= 0.3 is 0 Å². The van der Waals surface area contributed by atoms with E-state index in [2.05, 4.69) is 5.32 Å². The Labute approximate surface area is 184 Å². The molecule has 2 aromatic rings. The highest BCUT2D eigenvalue weighted by molar-refractivity contribution is 7.90. The Hall–Kier alpha value is -2.52. The van der Waals surface area contributed by atoms with Gasteiger partial charge in [-0.1, -0.05) is 17.7 Å². The predicted octanol–water partition coefficient (Wildman–Crippen LogP) is 3.50. The second-order valence-electron chi connectivity index (χ2n) is 7.47. The number of amides is 2. The monoisotopic (exact) mass is 470 g/mol. The van der Waals surface area contributed by atoms with E-state index < -0.39 is 45.4 Å². The van der Waals surface area contributed by atoms with E-state index in [1.54, 1.807) is 0 Å². The van der Waals surface area contributed by atoms with Crippen LogP contribution >= 0.6 is 11.6 Å². The molecule has 10 heteroatoms. The minimum absolute atomic E-state index is 0.00686. The molecule has 0 aliphatic carbocycles. The molecule has 166 valence electrons. The van der Waals surface area contributed by atoms with Crippen LogP contribution in [0.25, 0.3) is 0 Å². The summed E-state index contributed by atoms with van der Waals surface area (Å²) in [6.07, 6.45) is 2.02. The fourth-order valence-electron chi connectivity index (χ4n) is 3.57. The molecule has 2 amide bonds. The van der Waals surface area contributed by atoms with Crippen LogP contribution in [-0.4, -0.2) is 44.0 Å². The number of carbonyl (C=O) groups excluding carboxylic acids is 2. The molecule has 0 unspecified atom stereocenters. The second-order valence-corrected chi connectivity index (χ2v) is 9.90. The maximum absolute atomic E-state index is 14.2. The number of nitrogens with one attached hydrogen (secondary N) is 1. The minimum atomic E-state index is -3.50. The average Bonchev–Trinajstić information content (AvgIpc) is 3.19. The molecule has 1 fully saturated rings. The van der Waals surface area contributed by atoms with E-state index in [0.29, 0.717) is 19.4 Å². The molecule has 2 aromatic carbocycles. The quantitative estimate of drug-likeness (QED) is 0.678. The first kappa shape index (κ1) is 23.1. The van der Waals surface area contributed by atoms with Gasteiger partial charge < -0.3 is 10.2 Å². The Morgan fingerprint density at radius 3 is 2.58 bits per heavy atom. The van der Waals surface area contributed by atoms with Gasteiger partial charge in [0.1, 0.15) is 17.7 Å². The molecule has 0 radical (unpaired) electrons. The van der Waals surface area contributed by atoms with Gasteiger partial charge in [-0.25, -0.2) is 17.2 Å². The zero-order chi connectivity index (χ0) is 22.9. The van der Waals surface area contributed by atoms with E-state index in [1.165, 1.54) is 36.1 Å². The molecule has 2 atom stereocenters. The Morgan fingerprint density at radius 1 is 1.19 bits per heavy atom.